The molecule has 4 heterocycles. The molecule has 0 saturated carbocycles. The zero-order valence-corrected chi connectivity index (χ0v) is 21.5. The number of nitrogens with one attached hydrogen (secondary N) is 2. The van der Waals surface area contributed by atoms with E-state index in [1.54, 1.807) is 70.4 Å². The maximum absolute atomic E-state index is 12.8. The highest BCUT2D eigenvalue weighted by atomic mass is 16.5. The molecule has 11 heteroatoms. The van der Waals surface area contributed by atoms with Crippen molar-refractivity contribution in [2.75, 3.05) is 10.6 Å². The lowest BCUT2D eigenvalue weighted by molar-refractivity contribution is 0.262. The molecular formula is C28H25N9O2. The molecule has 39 heavy (non-hydrogen) atoms. The van der Waals surface area contributed by atoms with Crippen molar-refractivity contribution in [2.45, 2.75) is 19.8 Å². The monoisotopic (exact) mass is 519 g/mol. The average molecular weight is 520 g/mol. The van der Waals surface area contributed by atoms with Gasteiger partial charge in [0, 0.05) is 42.8 Å². The summed E-state index contributed by atoms with van der Waals surface area (Å²) in [5, 5.41) is 23.5. The molecule has 194 valence electrons. The van der Waals surface area contributed by atoms with E-state index >= 15 is 0 Å². The molecule has 2 N–H and O–H groups in total. The summed E-state index contributed by atoms with van der Waals surface area (Å²) in [6.07, 6.45) is 6.85. The smallest absolute Gasteiger partial charge is 0.324 e. The Labute approximate surface area is 224 Å². The van der Waals surface area contributed by atoms with Gasteiger partial charge in [0.2, 0.25) is 0 Å². The van der Waals surface area contributed by atoms with Gasteiger partial charge in [0.1, 0.15) is 29.1 Å². The molecule has 11 nitrogen and oxygen atoms in total. The van der Waals surface area contributed by atoms with Crippen LogP contribution in [-0.2, 0) is 7.05 Å². The van der Waals surface area contributed by atoms with E-state index in [2.05, 4.69) is 30.8 Å². The Balaban J connectivity index is 1.26. The number of hydrogen-bond donors (Lipinski definition) is 2. The summed E-state index contributed by atoms with van der Waals surface area (Å²) in [5.41, 5.74) is 3.96. The summed E-state index contributed by atoms with van der Waals surface area (Å²) in [7, 11) is 1.85. The summed E-state index contributed by atoms with van der Waals surface area (Å²) in [6.45, 7) is 4.03. The highest BCUT2D eigenvalue weighted by molar-refractivity contribution is 5.99. The number of nitrogens with zero attached hydrogens (tertiary/aromatic N) is 7. The van der Waals surface area contributed by atoms with Crippen LogP contribution in [0.5, 0.6) is 11.5 Å². The molecule has 0 aliphatic carbocycles. The van der Waals surface area contributed by atoms with Crippen LogP contribution < -0.4 is 15.4 Å². The largest absolute Gasteiger partial charge is 0.457 e. The number of anilines is 2. The summed E-state index contributed by atoms with van der Waals surface area (Å²) in [4.78, 5) is 21.3. The first-order valence-electron chi connectivity index (χ1n) is 12.2. The lowest BCUT2D eigenvalue weighted by Gasteiger charge is -2.11. The number of nitriles is 1. The predicted octanol–water partition coefficient (Wildman–Crippen LogP) is 5.49. The number of aryl methyl sites for hydroxylation is 1. The SMILES string of the molecule is CC(C)c1cc(NC(=O)Nc2ccc(Oc3ccnc(-c4cnn(C)c4)c3)cc2)n(-c2ccc(C#N)nc2)n1. The van der Waals surface area contributed by atoms with E-state index in [9.17, 15) is 4.79 Å². The third kappa shape index (κ3) is 5.91. The molecule has 5 aromatic rings. The number of carbonyl (C=O) groups excluding carboxylic acids is 1. The Morgan fingerprint density at radius 3 is 2.49 bits per heavy atom. The van der Waals surface area contributed by atoms with Gasteiger partial charge in [-0.2, -0.15) is 15.5 Å². The van der Waals surface area contributed by atoms with Gasteiger partial charge in [-0.1, -0.05) is 13.8 Å². The Morgan fingerprint density at radius 2 is 1.82 bits per heavy atom. The number of carbonyl (C=O) groups is 1. The first-order valence-corrected chi connectivity index (χ1v) is 12.2. The second kappa shape index (κ2) is 10.9. The molecule has 0 unspecified atom stereocenters. The van der Waals surface area contributed by atoms with Crippen molar-refractivity contribution in [2.24, 2.45) is 7.05 Å². The van der Waals surface area contributed by atoms with Gasteiger partial charge < -0.3 is 10.1 Å². The molecule has 0 spiro atoms. The van der Waals surface area contributed by atoms with E-state index < -0.39 is 6.03 Å². The topological polar surface area (TPSA) is 136 Å². The number of ether oxygens (including phenoxy) is 1. The predicted molar refractivity (Wildman–Crippen MR) is 146 cm³/mol. The highest BCUT2D eigenvalue weighted by Gasteiger charge is 2.15. The molecule has 0 atom stereocenters. The first-order chi connectivity index (χ1) is 18.9. The van der Waals surface area contributed by atoms with Gasteiger partial charge in [-0.3, -0.25) is 15.0 Å². The zero-order valence-electron chi connectivity index (χ0n) is 21.5. The molecule has 0 radical (unpaired) electrons. The van der Waals surface area contributed by atoms with E-state index in [1.807, 2.05) is 45.3 Å². The Bertz CT molecular complexity index is 1650. The van der Waals surface area contributed by atoms with Gasteiger partial charge >= 0.3 is 6.03 Å². The van der Waals surface area contributed by atoms with Gasteiger partial charge in [0.15, 0.2) is 0 Å². The van der Waals surface area contributed by atoms with E-state index in [4.69, 9.17) is 10.00 Å². The molecule has 1 aromatic carbocycles. The Morgan fingerprint density at radius 1 is 1.00 bits per heavy atom. The second-order valence-electron chi connectivity index (χ2n) is 9.02. The molecule has 0 aliphatic heterocycles. The zero-order chi connectivity index (χ0) is 27.4. The molecule has 4 aromatic heterocycles. The van der Waals surface area contributed by atoms with Gasteiger partial charge in [0.25, 0.3) is 0 Å². The van der Waals surface area contributed by atoms with Crippen molar-refractivity contribution < 1.29 is 9.53 Å². The van der Waals surface area contributed by atoms with Crippen molar-refractivity contribution >= 4 is 17.5 Å². The minimum Gasteiger partial charge on any atom is -0.457 e. The van der Waals surface area contributed by atoms with Crippen LogP contribution >= 0.6 is 0 Å². The van der Waals surface area contributed by atoms with Crippen molar-refractivity contribution in [3.8, 4) is 34.5 Å². The summed E-state index contributed by atoms with van der Waals surface area (Å²) < 4.78 is 9.28. The number of hydrogen-bond acceptors (Lipinski definition) is 7. The van der Waals surface area contributed by atoms with E-state index in [0.29, 0.717) is 34.4 Å². The molecular weight excluding hydrogens is 494 g/mol. The highest BCUT2D eigenvalue weighted by Crippen LogP contribution is 2.27. The quantitative estimate of drug-likeness (QED) is 0.290. The van der Waals surface area contributed by atoms with Crippen molar-refractivity contribution in [3.05, 3.63) is 90.8 Å². The standard InChI is InChI=1S/C28H25N9O2/c1-18(2)25-13-27(37(35-25)22-7-4-21(14-29)31-16-22)34-28(38)33-20-5-8-23(9-6-20)39-24-10-11-30-26(12-24)19-15-32-36(3)17-19/h4-13,15-18H,1-3H3,(H2,33,34,38). The van der Waals surface area contributed by atoms with Crippen LogP contribution in [0.4, 0.5) is 16.3 Å². The van der Waals surface area contributed by atoms with Crippen LogP contribution in [0.3, 0.4) is 0 Å². The molecule has 0 bridgehead atoms. The van der Waals surface area contributed by atoms with Gasteiger partial charge in [-0.05, 0) is 48.4 Å². The summed E-state index contributed by atoms with van der Waals surface area (Å²) >= 11 is 0. The average Bonchev–Trinajstić information content (AvgIpc) is 3.56. The van der Waals surface area contributed by atoms with Crippen LogP contribution in [-0.4, -0.2) is 35.6 Å². The third-order valence-electron chi connectivity index (χ3n) is 5.75. The minimum absolute atomic E-state index is 0.148. The number of urea groups is 1. The number of benzene rings is 1. The minimum atomic E-state index is -0.433. The molecule has 2 amide bonds. The van der Waals surface area contributed by atoms with Gasteiger partial charge in [-0.25, -0.2) is 14.5 Å². The maximum atomic E-state index is 12.8. The fraction of sp³-hybridized carbons (Fsp3) is 0.143. The molecule has 5 rings (SSSR count). The van der Waals surface area contributed by atoms with Crippen LogP contribution in [0.2, 0.25) is 0 Å². The van der Waals surface area contributed by atoms with Crippen LogP contribution in [0.1, 0.15) is 31.2 Å². The second-order valence-corrected chi connectivity index (χ2v) is 9.02. The first kappa shape index (κ1) is 25.2. The van der Waals surface area contributed by atoms with Crippen LogP contribution in [0.15, 0.2) is 79.4 Å². The van der Waals surface area contributed by atoms with E-state index in [0.717, 1.165) is 17.0 Å². The number of pyridine rings is 2. The lowest BCUT2D eigenvalue weighted by Crippen LogP contribution is -2.21. The van der Waals surface area contributed by atoms with Crippen molar-refractivity contribution in [3.63, 3.8) is 0 Å². The molecule has 0 saturated heterocycles. The normalized spacial score (nSPS) is 10.7. The van der Waals surface area contributed by atoms with Crippen LogP contribution in [0.25, 0.3) is 16.9 Å². The molecule has 0 fully saturated rings. The Kier molecular flexibility index (Phi) is 7.00. The van der Waals surface area contributed by atoms with Crippen LogP contribution in [0, 0.1) is 11.3 Å². The van der Waals surface area contributed by atoms with Crippen molar-refractivity contribution in [1.82, 2.24) is 29.5 Å². The van der Waals surface area contributed by atoms with E-state index in [-0.39, 0.29) is 5.92 Å². The van der Waals surface area contributed by atoms with E-state index in [1.165, 1.54) is 0 Å². The number of aromatic nitrogens is 6. The number of amides is 2. The van der Waals surface area contributed by atoms with Crippen molar-refractivity contribution in [1.29, 1.82) is 5.26 Å². The molecule has 0 aliphatic rings. The number of rotatable bonds is 7. The summed E-state index contributed by atoms with van der Waals surface area (Å²) in [5.74, 6) is 1.87. The third-order valence-corrected chi connectivity index (χ3v) is 5.75. The summed E-state index contributed by atoms with van der Waals surface area (Å²) in [6, 6.07) is 17.4. The lowest BCUT2D eigenvalue weighted by atomic mass is 10.1. The van der Waals surface area contributed by atoms with Gasteiger partial charge in [-0.15, -0.1) is 0 Å². The Hall–Kier alpha value is -5.50. The maximum Gasteiger partial charge on any atom is 0.324 e. The fourth-order valence-corrected chi connectivity index (χ4v) is 3.75. The fourth-order valence-electron chi connectivity index (χ4n) is 3.75. The van der Waals surface area contributed by atoms with Gasteiger partial charge in [0.05, 0.1) is 29.5 Å².